The van der Waals surface area contributed by atoms with E-state index >= 15 is 0 Å². The van der Waals surface area contributed by atoms with Crippen molar-refractivity contribution in [3.63, 3.8) is 0 Å². The van der Waals surface area contributed by atoms with Gasteiger partial charge in [0.05, 0.1) is 27.8 Å². The monoisotopic (exact) mass is 445 g/mol. The van der Waals surface area contributed by atoms with Crippen molar-refractivity contribution in [2.24, 2.45) is 20.7 Å². The van der Waals surface area contributed by atoms with Gasteiger partial charge in [-0.1, -0.05) is 52.3 Å². The summed E-state index contributed by atoms with van der Waals surface area (Å²) >= 11 is 3.46. The number of hydrogen-bond acceptors (Lipinski definition) is 5. The topological polar surface area (TPSA) is 92.2 Å². The van der Waals surface area contributed by atoms with Crippen molar-refractivity contribution in [3.8, 4) is 0 Å². The molecule has 1 spiro atoms. The first kappa shape index (κ1) is 17.9. The van der Waals surface area contributed by atoms with Crippen molar-refractivity contribution in [3.05, 3.63) is 93.5 Å². The van der Waals surface area contributed by atoms with Gasteiger partial charge in [-0.15, -0.1) is 0 Å². The van der Waals surface area contributed by atoms with Crippen molar-refractivity contribution in [1.82, 2.24) is 0 Å². The lowest BCUT2D eigenvalue weighted by molar-refractivity contribution is -0.119. The molecule has 0 aliphatic carbocycles. The number of nitrogens with zero attached hydrogens (tertiary/aromatic N) is 3. The van der Waals surface area contributed by atoms with Gasteiger partial charge in [0.2, 0.25) is 5.54 Å². The summed E-state index contributed by atoms with van der Waals surface area (Å²) in [5.41, 5.74) is 7.51. The number of nitrogens with one attached hydrogen (secondary N) is 1. The molecule has 3 aromatic rings. The Morgan fingerprint density at radius 2 is 1.62 bits per heavy atom. The summed E-state index contributed by atoms with van der Waals surface area (Å²) in [6, 6.07) is 22.4. The zero-order chi connectivity index (χ0) is 20.0. The highest BCUT2D eigenvalue weighted by Crippen LogP contribution is 2.35. The van der Waals surface area contributed by atoms with E-state index in [1.165, 1.54) is 0 Å². The lowest BCUT2D eigenvalue weighted by atomic mass is 9.84. The van der Waals surface area contributed by atoms with Crippen LogP contribution in [0.1, 0.15) is 5.56 Å². The molecule has 2 unspecified atom stereocenters. The largest absolute Gasteiger partial charge is 0.322 e. The minimum Gasteiger partial charge on any atom is -0.322 e. The molecule has 2 atom stereocenters. The predicted molar refractivity (Wildman–Crippen MR) is 115 cm³/mol. The second-order valence-corrected chi connectivity index (χ2v) is 7.80. The number of rotatable bonds is 1. The molecule has 0 fully saturated rings. The standard InChI is InChI=1S/C22H16BrN5O/c23-14-11-9-13(10-12-14)19-22(20(24)26-17-7-3-4-8-18(17)28-22)21(29)27-16-6-2-1-5-15(16)25-19/h1-12,20H,24H2,(H,27,29). The third-order valence-electron chi connectivity index (χ3n) is 5.09. The van der Waals surface area contributed by atoms with Gasteiger partial charge in [0.15, 0.2) is 0 Å². The third kappa shape index (κ3) is 2.82. The molecular formula is C22H16BrN5O. The van der Waals surface area contributed by atoms with Gasteiger partial charge in [-0.25, -0.2) is 4.99 Å². The smallest absolute Gasteiger partial charge is 0.262 e. The van der Waals surface area contributed by atoms with E-state index in [1.807, 2.05) is 72.8 Å². The molecule has 3 N–H and O–H groups in total. The Labute approximate surface area is 175 Å². The number of aliphatic imine (C=N–C) groups is 1. The molecule has 6 nitrogen and oxygen atoms in total. The SMILES string of the molecule is NC1N=c2ccccc2=NC12C(=O)Nc1ccccc1N=C2c1ccc(Br)cc1. The summed E-state index contributed by atoms with van der Waals surface area (Å²) in [5.74, 6) is -0.352. The number of para-hydroxylation sites is 4. The Bertz CT molecular complexity index is 1290. The molecule has 2 aliphatic heterocycles. The highest BCUT2D eigenvalue weighted by atomic mass is 79.9. The average molecular weight is 446 g/mol. The van der Waals surface area contributed by atoms with Crippen molar-refractivity contribution in [1.29, 1.82) is 0 Å². The van der Waals surface area contributed by atoms with Crippen molar-refractivity contribution < 1.29 is 4.79 Å². The number of anilines is 1. The first-order valence-corrected chi connectivity index (χ1v) is 9.91. The van der Waals surface area contributed by atoms with Crippen LogP contribution < -0.4 is 21.8 Å². The quantitative estimate of drug-likeness (QED) is 0.602. The van der Waals surface area contributed by atoms with Gasteiger partial charge >= 0.3 is 0 Å². The molecule has 0 aromatic heterocycles. The van der Waals surface area contributed by atoms with E-state index in [0.29, 0.717) is 27.8 Å². The van der Waals surface area contributed by atoms with E-state index in [-0.39, 0.29) is 5.91 Å². The minimum absolute atomic E-state index is 0.352. The van der Waals surface area contributed by atoms with E-state index in [4.69, 9.17) is 15.7 Å². The molecule has 0 saturated carbocycles. The van der Waals surface area contributed by atoms with E-state index in [9.17, 15) is 4.79 Å². The van der Waals surface area contributed by atoms with Gasteiger partial charge in [0.1, 0.15) is 6.17 Å². The Balaban J connectivity index is 1.85. The highest BCUT2D eigenvalue weighted by molar-refractivity contribution is 9.10. The molecule has 3 aromatic carbocycles. The van der Waals surface area contributed by atoms with Gasteiger partial charge in [-0.3, -0.25) is 14.8 Å². The summed E-state index contributed by atoms with van der Waals surface area (Å²) in [4.78, 5) is 27.9. The summed E-state index contributed by atoms with van der Waals surface area (Å²) in [6.45, 7) is 0. The second-order valence-electron chi connectivity index (χ2n) is 6.88. The van der Waals surface area contributed by atoms with E-state index in [0.717, 1.165) is 10.0 Å². The molecule has 29 heavy (non-hydrogen) atoms. The maximum absolute atomic E-state index is 13.6. The van der Waals surface area contributed by atoms with Crippen molar-refractivity contribution in [2.75, 3.05) is 5.32 Å². The van der Waals surface area contributed by atoms with Gasteiger partial charge in [0.25, 0.3) is 5.91 Å². The Morgan fingerprint density at radius 1 is 0.931 bits per heavy atom. The number of amides is 1. The van der Waals surface area contributed by atoms with E-state index in [1.54, 1.807) is 0 Å². The maximum Gasteiger partial charge on any atom is 0.262 e. The fraction of sp³-hybridized carbons (Fsp3) is 0.0909. The second kappa shape index (κ2) is 6.72. The normalized spacial score (nSPS) is 22.3. The molecule has 142 valence electrons. The molecule has 0 bridgehead atoms. The summed E-state index contributed by atoms with van der Waals surface area (Å²) in [7, 11) is 0. The molecule has 7 heteroatoms. The Morgan fingerprint density at radius 3 is 2.41 bits per heavy atom. The Kier molecular flexibility index (Phi) is 4.15. The van der Waals surface area contributed by atoms with Gasteiger partial charge < -0.3 is 11.1 Å². The zero-order valence-corrected chi connectivity index (χ0v) is 16.8. The van der Waals surface area contributed by atoms with Crippen LogP contribution in [0.15, 0.2) is 92.2 Å². The van der Waals surface area contributed by atoms with E-state index in [2.05, 4.69) is 26.2 Å². The van der Waals surface area contributed by atoms with Crippen LogP contribution in [0.2, 0.25) is 0 Å². The number of carbonyl (C=O) groups excluding carboxylic acids is 1. The fourth-order valence-electron chi connectivity index (χ4n) is 3.65. The van der Waals surface area contributed by atoms with Crippen LogP contribution in [-0.4, -0.2) is 23.3 Å². The molecule has 0 radical (unpaired) electrons. The van der Waals surface area contributed by atoms with E-state index < -0.39 is 11.7 Å². The number of nitrogens with two attached hydrogens (primary N) is 1. The summed E-state index contributed by atoms with van der Waals surface area (Å²) in [5, 5.41) is 4.23. The van der Waals surface area contributed by atoms with Crippen molar-refractivity contribution >= 4 is 38.9 Å². The van der Waals surface area contributed by atoms with Gasteiger partial charge in [-0.2, -0.15) is 0 Å². The molecular weight excluding hydrogens is 430 g/mol. The third-order valence-corrected chi connectivity index (χ3v) is 5.62. The molecule has 2 aliphatic rings. The van der Waals surface area contributed by atoms with Crippen LogP contribution >= 0.6 is 15.9 Å². The number of carbonyl (C=O) groups is 1. The van der Waals surface area contributed by atoms with Crippen LogP contribution in [0, 0.1) is 0 Å². The zero-order valence-electron chi connectivity index (χ0n) is 15.2. The number of fused-ring (bicyclic) bond motifs is 2. The first-order chi connectivity index (χ1) is 14.1. The fourth-order valence-corrected chi connectivity index (χ4v) is 3.91. The first-order valence-electron chi connectivity index (χ1n) is 9.12. The van der Waals surface area contributed by atoms with Crippen LogP contribution in [0.3, 0.4) is 0 Å². The summed E-state index contributed by atoms with van der Waals surface area (Å²) < 4.78 is 0.925. The highest BCUT2D eigenvalue weighted by Gasteiger charge is 2.52. The van der Waals surface area contributed by atoms with Crippen LogP contribution in [-0.2, 0) is 4.79 Å². The molecule has 5 rings (SSSR count). The number of benzene rings is 3. The van der Waals surface area contributed by atoms with Gasteiger partial charge in [0, 0.05) is 4.47 Å². The van der Waals surface area contributed by atoms with Crippen LogP contribution in [0.5, 0.6) is 0 Å². The lowest BCUT2D eigenvalue weighted by Gasteiger charge is -2.33. The van der Waals surface area contributed by atoms with Crippen LogP contribution in [0.4, 0.5) is 11.4 Å². The van der Waals surface area contributed by atoms with Gasteiger partial charge in [-0.05, 0) is 42.0 Å². The maximum atomic E-state index is 13.6. The molecule has 2 heterocycles. The number of hydrogen-bond donors (Lipinski definition) is 2. The summed E-state index contributed by atoms with van der Waals surface area (Å²) in [6.07, 6.45) is -0.922. The van der Waals surface area contributed by atoms with Crippen molar-refractivity contribution in [2.45, 2.75) is 11.7 Å². The molecule has 0 saturated heterocycles. The minimum atomic E-state index is -1.48. The average Bonchev–Trinajstić information content (AvgIpc) is 2.85. The molecule has 1 amide bonds. The predicted octanol–water partition coefficient (Wildman–Crippen LogP) is 2.50. The lowest BCUT2D eigenvalue weighted by Crippen LogP contribution is -2.63. The van der Waals surface area contributed by atoms with Crippen LogP contribution in [0.25, 0.3) is 0 Å². The Hall–Kier alpha value is -3.16. The number of halogens is 1.